The molecule has 9 heteroatoms. The zero-order valence-electron chi connectivity index (χ0n) is 16.1. The Morgan fingerprint density at radius 1 is 1.10 bits per heavy atom. The van der Waals surface area contributed by atoms with Crippen LogP contribution in [0.1, 0.15) is 62.4 Å². The van der Waals surface area contributed by atoms with Gasteiger partial charge in [0.15, 0.2) is 11.6 Å². The van der Waals surface area contributed by atoms with Crippen LogP contribution in [0.5, 0.6) is 17.2 Å². The van der Waals surface area contributed by atoms with Crippen molar-refractivity contribution in [2.75, 3.05) is 7.11 Å². The Morgan fingerprint density at radius 2 is 1.73 bits per heavy atom. The predicted molar refractivity (Wildman–Crippen MR) is 106 cm³/mol. The number of phenolic OH excluding ortho intramolecular Hbond substituents is 2. The number of ether oxygens (including phenoxy) is 1. The van der Waals surface area contributed by atoms with Crippen LogP contribution in [0.15, 0.2) is 18.2 Å². The van der Waals surface area contributed by atoms with E-state index in [4.69, 9.17) is 4.74 Å². The van der Waals surface area contributed by atoms with Crippen molar-refractivity contribution in [1.82, 2.24) is 0 Å². The minimum absolute atomic E-state index is 0. The SMILES string of the molecule is COc1cccc2c1C(=O)c1c(O)c3c(c(O)c1C2=O)C[C@@](O)(C(C)=O)C[C@@H]3O.Cl. The average molecular weight is 435 g/mol. The smallest absolute Gasteiger partial charge is 0.202 e. The third-order valence-electron chi connectivity index (χ3n) is 5.75. The van der Waals surface area contributed by atoms with E-state index >= 15 is 0 Å². The summed E-state index contributed by atoms with van der Waals surface area (Å²) in [4.78, 5) is 38.1. The minimum atomic E-state index is -1.96. The van der Waals surface area contributed by atoms with Gasteiger partial charge in [-0.05, 0) is 13.0 Å². The number of halogens is 1. The molecule has 2 atom stereocenters. The summed E-state index contributed by atoms with van der Waals surface area (Å²) >= 11 is 0. The zero-order valence-corrected chi connectivity index (χ0v) is 16.9. The molecule has 0 unspecified atom stereocenters. The van der Waals surface area contributed by atoms with Crippen LogP contribution in [0.25, 0.3) is 0 Å². The Balaban J connectivity index is 0.00000256. The average Bonchev–Trinajstić information content (AvgIpc) is 2.67. The molecule has 2 aliphatic carbocycles. The number of aromatic hydroxyl groups is 2. The van der Waals surface area contributed by atoms with Crippen molar-refractivity contribution in [3.8, 4) is 17.2 Å². The Hall–Kier alpha value is -2.94. The lowest BCUT2D eigenvalue weighted by molar-refractivity contribution is -0.139. The van der Waals surface area contributed by atoms with Crippen molar-refractivity contribution in [3.05, 3.63) is 51.6 Å². The number of carbonyl (C=O) groups excluding carboxylic acids is 3. The van der Waals surface area contributed by atoms with Crippen LogP contribution in [0, 0.1) is 0 Å². The lowest BCUT2D eigenvalue weighted by atomic mass is 9.72. The Bertz CT molecular complexity index is 1120. The van der Waals surface area contributed by atoms with Crippen LogP contribution >= 0.6 is 12.4 Å². The van der Waals surface area contributed by atoms with Gasteiger partial charge in [-0.1, -0.05) is 12.1 Å². The Kier molecular flexibility index (Phi) is 5.14. The maximum absolute atomic E-state index is 13.1. The van der Waals surface area contributed by atoms with Gasteiger partial charge in [0, 0.05) is 29.5 Å². The molecule has 0 spiro atoms. The molecule has 0 saturated heterocycles. The number of benzene rings is 2. The first-order valence-electron chi connectivity index (χ1n) is 8.91. The lowest BCUT2D eigenvalue weighted by Crippen LogP contribution is -2.44. The van der Waals surface area contributed by atoms with E-state index < -0.39 is 64.5 Å². The zero-order chi connectivity index (χ0) is 21.2. The molecule has 0 saturated carbocycles. The lowest BCUT2D eigenvalue weighted by Gasteiger charge is -2.36. The van der Waals surface area contributed by atoms with E-state index in [0.717, 1.165) is 6.92 Å². The first-order valence-corrected chi connectivity index (χ1v) is 8.91. The third kappa shape index (κ3) is 2.72. The summed E-state index contributed by atoms with van der Waals surface area (Å²) in [7, 11) is 1.33. The number of carbonyl (C=O) groups is 3. The Labute approximate surface area is 177 Å². The summed E-state index contributed by atoms with van der Waals surface area (Å²) < 4.78 is 5.17. The van der Waals surface area contributed by atoms with Gasteiger partial charge in [0.2, 0.25) is 5.78 Å². The predicted octanol–water partition coefficient (Wildman–Crippen LogP) is 1.60. The van der Waals surface area contributed by atoms with Crippen molar-refractivity contribution in [2.45, 2.75) is 31.5 Å². The molecular formula is C21H19ClO8. The molecule has 2 aromatic rings. The molecule has 0 bridgehead atoms. The second-order valence-corrected chi connectivity index (χ2v) is 7.36. The van der Waals surface area contributed by atoms with Gasteiger partial charge in [-0.2, -0.15) is 0 Å². The Morgan fingerprint density at radius 3 is 2.33 bits per heavy atom. The minimum Gasteiger partial charge on any atom is -0.507 e. The van der Waals surface area contributed by atoms with E-state index in [9.17, 15) is 34.8 Å². The fourth-order valence-corrected chi connectivity index (χ4v) is 4.21. The first-order chi connectivity index (χ1) is 13.6. The number of fused-ring (bicyclic) bond motifs is 3. The van der Waals surface area contributed by atoms with Gasteiger partial charge >= 0.3 is 0 Å². The van der Waals surface area contributed by atoms with E-state index in [2.05, 4.69) is 0 Å². The standard InChI is InChI=1S/C21H18O8.ClH/c1-8(22)21(28)6-10-13(11(23)7-21)19(26)16-15(18(10)25)17(24)9-4-3-5-12(29-2)14(9)20(16)27;/h3-5,11,23,25-26,28H,6-7H2,1-2H3;1H/t11-,21-;/m0./s1. The molecule has 30 heavy (non-hydrogen) atoms. The maximum atomic E-state index is 13.1. The fourth-order valence-electron chi connectivity index (χ4n) is 4.21. The van der Waals surface area contributed by atoms with E-state index in [1.165, 1.54) is 25.3 Å². The number of rotatable bonds is 2. The van der Waals surface area contributed by atoms with Gasteiger partial charge in [0.1, 0.15) is 22.8 Å². The van der Waals surface area contributed by atoms with Crippen molar-refractivity contribution in [2.24, 2.45) is 0 Å². The van der Waals surface area contributed by atoms with Crippen molar-refractivity contribution < 1.29 is 39.5 Å². The highest BCUT2D eigenvalue weighted by atomic mass is 35.5. The van der Waals surface area contributed by atoms with E-state index in [0.29, 0.717) is 0 Å². The molecule has 158 valence electrons. The van der Waals surface area contributed by atoms with Crippen LogP contribution in [0.3, 0.4) is 0 Å². The second-order valence-electron chi connectivity index (χ2n) is 7.36. The largest absolute Gasteiger partial charge is 0.507 e. The van der Waals surface area contributed by atoms with Crippen LogP contribution in [0.2, 0.25) is 0 Å². The van der Waals surface area contributed by atoms with Crippen LogP contribution < -0.4 is 4.74 Å². The molecule has 0 amide bonds. The number of phenols is 2. The topological polar surface area (TPSA) is 141 Å². The van der Waals surface area contributed by atoms with Gasteiger partial charge in [-0.15, -0.1) is 12.4 Å². The molecule has 4 N–H and O–H groups in total. The normalized spacial score (nSPS) is 21.8. The molecule has 2 aliphatic rings. The molecule has 8 nitrogen and oxygen atoms in total. The third-order valence-corrected chi connectivity index (χ3v) is 5.75. The molecule has 0 heterocycles. The van der Waals surface area contributed by atoms with Crippen LogP contribution in [0.4, 0.5) is 0 Å². The van der Waals surface area contributed by atoms with Gasteiger partial charge in [0.25, 0.3) is 0 Å². The summed E-state index contributed by atoms with van der Waals surface area (Å²) in [6, 6.07) is 4.41. The number of hydrogen-bond acceptors (Lipinski definition) is 8. The van der Waals surface area contributed by atoms with Crippen molar-refractivity contribution in [1.29, 1.82) is 0 Å². The molecule has 0 fully saturated rings. The highest BCUT2D eigenvalue weighted by molar-refractivity contribution is 6.31. The van der Waals surface area contributed by atoms with Gasteiger partial charge < -0.3 is 25.2 Å². The monoisotopic (exact) mass is 434 g/mol. The highest BCUT2D eigenvalue weighted by Crippen LogP contribution is 2.50. The fraction of sp³-hybridized carbons (Fsp3) is 0.286. The van der Waals surface area contributed by atoms with E-state index in [1.807, 2.05) is 0 Å². The van der Waals surface area contributed by atoms with Crippen molar-refractivity contribution in [3.63, 3.8) is 0 Å². The van der Waals surface area contributed by atoms with Crippen molar-refractivity contribution >= 4 is 29.8 Å². The molecular weight excluding hydrogens is 416 g/mol. The summed E-state index contributed by atoms with van der Waals surface area (Å²) in [6.07, 6.45) is -2.34. The van der Waals surface area contributed by atoms with E-state index in [1.54, 1.807) is 0 Å². The molecule has 2 aromatic carbocycles. The summed E-state index contributed by atoms with van der Waals surface area (Å²) in [5.41, 5.74) is -3.19. The molecule has 0 aromatic heterocycles. The maximum Gasteiger partial charge on any atom is 0.202 e. The van der Waals surface area contributed by atoms with Gasteiger partial charge in [0.05, 0.1) is 29.9 Å². The quantitative estimate of drug-likeness (QED) is 0.446. The van der Waals surface area contributed by atoms with Crippen LogP contribution in [-0.4, -0.2) is 50.5 Å². The summed E-state index contributed by atoms with van der Waals surface area (Å²) in [6.45, 7) is 1.14. The number of aliphatic hydroxyl groups is 2. The summed E-state index contributed by atoms with van der Waals surface area (Å²) in [5, 5.41) is 42.7. The molecule has 4 rings (SSSR count). The number of Topliss-reactive ketones (excluding diaryl/α,β-unsaturated/α-hetero) is 1. The molecule has 0 radical (unpaired) electrons. The highest BCUT2D eigenvalue weighted by Gasteiger charge is 2.47. The number of ketones is 3. The summed E-state index contributed by atoms with van der Waals surface area (Å²) in [5.74, 6) is -3.23. The second kappa shape index (κ2) is 7.09. The van der Waals surface area contributed by atoms with Gasteiger partial charge in [-0.3, -0.25) is 14.4 Å². The number of methoxy groups -OCH3 is 1. The first kappa shape index (κ1) is 21.8. The number of aliphatic hydroxyl groups excluding tert-OH is 1. The number of hydrogen-bond donors (Lipinski definition) is 4. The van der Waals surface area contributed by atoms with Gasteiger partial charge in [-0.25, -0.2) is 0 Å². The molecule has 0 aliphatic heterocycles. The van der Waals surface area contributed by atoms with Crippen LogP contribution in [-0.2, 0) is 11.2 Å². The van der Waals surface area contributed by atoms with E-state index in [-0.39, 0.29) is 40.4 Å².